The summed E-state index contributed by atoms with van der Waals surface area (Å²) in [6.45, 7) is 2.04. The van der Waals surface area contributed by atoms with Crippen LogP contribution < -0.4 is 5.32 Å². The number of aromatic nitrogens is 4. The van der Waals surface area contributed by atoms with Crippen LogP contribution in [0.15, 0.2) is 48.7 Å². The van der Waals surface area contributed by atoms with E-state index in [1.807, 2.05) is 43.3 Å². The molecule has 0 fully saturated rings. The van der Waals surface area contributed by atoms with Crippen LogP contribution in [0.1, 0.15) is 17.5 Å². The lowest BCUT2D eigenvalue weighted by molar-refractivity contribution is -0.116. The number of nitrogens with zero attached hydrogens (tertiary/aromatic N) is 3. The summed E-state index contributed by atoms with van der Waals surface area (Å²) in [7, 11) is 0. The predicted octanol–water partition coefficient (Wildman–Crippen LogP) is 2.75. The molecule has 116 valence electrons. The highest BCUT2D eigenvalue weighted by Crippen LogP contribution is 2.12. The molecular formula is C17H17N5O. The van der Waals surface area contributed by atoms with E-state index in [4.69, 9.17) is 0 Å². The van der Waals surface area contributed by atoms with Crippen molar-refractivity contribution in [1.82, 2.24) is 20.2 Å². The summed E-state index contributed by atoms with van der Waals surface area (Å²) in [6, 6.07) is 13.7. The fourth-order valence-electron chi connectivity index (χ4n) is 2.25. The van der Waals surface area contributed by atoms with Gasteiger partial charge in [-0.25, -0.2) is 0 Å². The molecule has 2 aromatic heterocycles. The molecule has 3 rings (SSSR count). The van der Waals surface area contributed by atoms with Crippen LogP contribution in [0, 0.1) is 6.92 Å². The molecule has 0 aliphatic carbocycles. The Hall–Kier alpha value is -3.02. The first kappa shape index (κ1) is 14.9. The first-order valence-corrected chi connectivity index (χ1v) is 7.40. The molecule has 1 aromatic carbocycles. The third kappa shape index (κ3) is 4.00. The maximum absolute atomic E-state index is 12.0. The van der Waals surface area contributed by atoms with Gasteiger partial charge in [0.2, 0.25) is 11.9 Å². The van der Waals surface area contributed by atoms with Crippen molar-refractivity contribution in [2.24, 2.45) is 0 Å². The van der Waals surface area contributed by atoms with E-state index in [1.54, 1.807) is 6.20 Å². The van der Waals surface area contributed by atoms with Gasteiger partial charge in [-0.05, 0) is 31.0 Å². The van der Waals surface area contributed by atoms with E-state index in [1.165, 1.54) is 5.56 Å². The summed E-state index contributed by atoms with van der Waals surface area (Å²) in [6.07, 6.45) is 2.75. The van der Waals surface area contributed by atoms with Crippen molar-refractivity contribution in [3.63, 3.8) is 0 Å². The van der Waals surface area contributed by atoms with E-state index in [9.17, 15) is 4.79 Å². The van der Waals surface area contributed by atoms with Crippen molar-refractivity contribution < 1.29 is 4.79 Å². The van der Waals surface area contributed by atoms with E-state index in [-0.39, 0.29) is 11.9 Å². The summed E-state index contributed by atoms with van der Waals surface area (Å²) in [5, 5.41) is 9.46. The molecule has 2 heterocycles. The number of aromatic amines is 1. The van der Waals surface area contributed by atoms with Crippen LogP contribution in [-0.2, 0) is 11.2 Å². The van der Waals surface area contributed by atoms with Crippen LogP contribution in [0.25, 0.3) is 11.5 Å². The van der Waals surface area contributed by atoms with Gasteiger partial charge in [-0.2, -0.15) is 4.98 Å². The SMILES string of the molecule is Cc1cccc(CCC(=O)Nc2n[nH]c(-c3ccccn3)n2)c1. The number of amides is 1. The Kier molecular flexibility index (Phi) is 4.42. The Morgan fingerprint density at radius 3 is 2.91 bits per heavy atom. The fraction of sp³-hybridized carbons (Fsp3) is 0.176. The second-order valence-corrected chi connectivity index (χ2v) is 5.26. The van der Waals surface area contributed by atoms with Crippen LogP contribution in [0.3, 0.4) is 0 Å². The Balaban J connectivity index is 1.57. The van der Waals surface area contributed by atoms with Crippen molar-refractivity contribution in [2.75, 3.05) is 5.32 Å². The second kappa shape index (κ2) is 6.83. The lowest BCUT2D eigenvalue weighted by Crippen LogP contribution is -2.13. The standard InChI is InChI=1S/C17H17N5O/c1-12-5-4-6-13(11-12)8-9-15(23)19-17-20-16(21-22-17)14-7-2-3-10-18-14/h2-7,10-11H,8-9H2,1H3,(H2,19,20,21,22,23). The number of carbonyl (C=O) groups is 1. The summed E-state index contributed by atoms with van der Waals surface area (Å²) in [5.41, 5.74) is 3.02. The highest BCUT2D eigenvalue weighted by atomic mass is 16.1. The van der Waals surface area contributed by atoms with Gasteiger partial charge >= 0.3 is 0 Å². The molecule has 3 aromatic rings. The molecule has 0 unspecified atom stereocenters. The molecule has 0 bridgehead atoms. The maximum Gasteiger partial charge on any atom is 0.249 e. The van der Waals surface area contributed by atoms with Crippen molar-refractivity contribution in [2.45, 2.75) is 19.8 Å². The molecule has 6 nitrogen and oxygen atoms in total. The number of aryl methyl sites for hydroxylation is 2. The zero-order chi connectivity index (χ0) is 16.1. The van der Waals surface area contributed by atoms with Gasteiger partial charge in [0.25, 0.3) is 0 Å². The summed E-state index contributed by atoms with van der Waals surface area (Å²) in [5.74, 6) is 0.678. The largest absolute Gasteiger partial charge is 0.293 e. The average Bonchev–Trinajstić information content (AvgIpc) is 3.02. The Morgan fingerprint density at radius 2 is 2.13 bits per heavy atom. The summed E-state index contributed by atoms with van der Waals surface area (Å²) in [4.78, 5) is 20.4. The highest BCUT2D eigenvalue weighted by molar-refractivity contribution is 5.89. The van der Waals surface area contributed by atoms with Crippen LogP contribution in [-0.4, -0.2) is 26.1 Å². The third-order valence-corrected chi connectivity index (χ3v) is 3.37. The number of anilines is 1. The molecule has 0 radical (unpaired) electrons. The minimum atomic E-state index is -0.113. The topological polar surface area (TPSA) is 83.6 Å². The Labute approximate surface area is 134 Å². The van der Waals surface area contributed by atoms with E-state index in [2.05, 4.69) is 31.5 Å². The van der Waals surface area contributed by atoms with Crippen molar-refractivity contribution in [1.29, 1.82) is 0 Å². The molecule has 6 heteroatoms. The molecule has 1 amide bonds. The van der Waals surface area contributed by atoms with E-state index in [0.717, 1.165) is 5.56 Å². The number of hydrogen-bond acceptors (Lipinski definition) is 4. The summed E-state index contributed by atoms with van der Waals surface area (Å²) >= 11 is 0. The number of H-pyrrole nitrogens is 1. The Bertz CT molecular complexity index is 798. The molecule has 0 atom stereocenters. The van der Waals surface area contributed by atoms with Gasteiger partial charge in [-0.15, -0.1) is 5.10 Å². The number of rotatable bonds is 5. The molecule has 0 spiro atoms. The number of carbonyl (C=O) groups excluding carboxylic acids is 1. The minimum Gasteiger partial charge on any atom is -0.293 e. The van der Waals surface area contributed by atoms with Gasteiger partial charge in [0.15, 0.2) is 5.82 Å². The predicted molar refractivity (Wildman–Crippen MR) is 87.7 cm³/mol. The van der Waals surface area contributed by atoms with Gasteiger partial charge < -0.3 is 0 Å². The molecule has 0 saturated carbocycles. The van der Waals surface area contributed by atoms with Gasteiger partial charge in [0.1, 0.15) is 5.69 Å². The minimum absolute atomic E-state index is 0.113. The van der Waals surface area contributed by atoms with E-state index >= 15 is 0 Å². The normalized spacial score (nSPS) is 10.5. The monoisotopic (exact) mass is 307 g/mol. The number of pyridine rings is 1. The van der Waals surface area contributed by atoms with E-state index < -0.39 is 0 Å². The molecular weight excluding hydrogens is 290 g/mol. The molecule has 23 heavy (non-hydrogen) atoms. The van der Waals surface area contributed by atoms with Crippen LogP contribution in [0.5, 0.6) is 0 Å². The molecule has 0 aliphatic rings. The van der Waals surface area contributed by atoms with Crippen molar-refractivity contribution in [3.05, 3.63) is 59.8 Å². The van der Waals surface area contributed by atoms with Crippen LogP contribution in [0.4, 0.5) is 5.95 Å². The number of hydrogen-bond donors (Lipinski definition) is 2. The maximum atomic E-state index is 12.0. The Morgan fingerprint density at radius 1 is 1.22 bits per heavy atom. The first-order chi connectivity index (χ1) is 11.2. The first-order valence-electron chi connectivity index (χ1n) is 7.40. The van der Waals surface area contributed by atoms with Gasteiger partial charge in [-0.1, -0.05) is 35.9 Å². The van der Waals surface area contributed by atoms with Gasteiger partial charge in [0.05, 0.1) is 0 Å². The van der Waals surface area contributed by atoms with E-state index in [0.29, 0.717) is 24.4 Å². The van der Waals surface area contributed by atoms with Gasteiger partial charge in [0, 0.05) is 12.6 Å². The lowest BCUT2D eigenvalue weighted by Gasteiger charge is -2.02. The molecule has 2 N–H and O–H groups in total. The molecule has 0 aliphatic heterocycles. The summed E-state index contributed by atoms with van der Waals surface area (Å²) < 4.78 is 0. The number of nitrogens with one attached hydrogen (secondary N) is 2. The smallest absolute Gasteiger partial charge is 0.249 e. The second-order valence-electron chi connectivity index (χ2n) is 5.26. The zero-order valence-corrected chi connectivity index (χ0v) is 12.8. The zero-order valence-electron chi connectivity index (χ0n) is 12.8. The van der Waals surface area contributed by atoms with Crippen LogP contribution in [0.2, 0.25) is 0 Å². The fourth-order valence-corrected chi connectivity index (χ4v) is 2.25. The van der Waals surface area contributed by atoms with Crippen LogP contribution >= 0.6 is 0 Å². The van der Waals surface area contributed by atoms with Crippen molar-refractivity contribution in [3.8, 4) is 11.5 Å². The number of benzene rings is 1. The highest BCUT2D eigenvalue weighted by Gasteiger charge is 2.09. The molecule has 0 saturated heterocycles. The average molecular weight is 307 g/mol. The van der Waals surface area contributed by atoms with Gasteiger partial charge in [-0.3, -0.25) is 20.2 Å². The van der Waals surface area contributed by atoms with Crippen molar-refractivity contribution >= 4 is 11.9 Å². The quantitative estimate of drug-likeness (QED) is 0.759. The third-order valence-electron chi connectivity index (χ3n) is 3.37. The lowest BCUT2D eigenvalue weighted by atomic mass is 10.1.